The van der Waals surface area contributed by atoms with Crippen molar-refractivity contribution in [2.24, 2.45) is 0 Å². The lowest BCUT2D eigenvalue weighted by Gasteiger charge is -2.30. The average Bonchev–Trinajstić information content (AvgIpc) is 3.23. The van der Waals surface area contributed by atoms with Crippen LogP contribution >= 0.6 is 0 Å². The molecule has 1 heteroatoms. The molecule has 0 saturated carbocycles. The highest BCUT2D eigenvalue weighted by Gasteiger charge is 2.29. The number of nitrogens with zero attached hydrogens (tertiary/aromatic N) is 1. The summed E-state index contributed by atoms with van der Waals surface area (Å²) in [6.07, 6.45) is 0. The summed E-state index contributed by atoms with van der Waals surface area (Å²) in [5.74, 6) is 0. The summed E-state index contributed by atoms with van der Waals surface area (Å²) in [7, 11) is 0. The van der Waals surface area contributed by atoms with Crippen LogP contribution in [0.5, 0.6) is 0 Å². The van der Waals surface area contributed by atoms with Crippen LogP contribution in [0.4, 0.5) is 0 Å². The molecule has 5 aromatic rings. The Morgan fingerprint density at radius 1 is 0.400 bits per heavy atom. The number of aromatic nitrogens is 1. The molecule has 4 aromatic carbocycles. The molecule has 45 heavy (non-hydrogen) atoms. The van der Waals surface area contributed by atoms with Crippen LogP contribution in [0.1, 0.15) is 132 Å². The van der Waals surface area contributed by atoms with E-state index in [4.69, 9.17) is 0 Å². The molecule has 0 aliphatic heterocycles. The van der Waals surface area contributed by atoms with Gasteiger partial charge in [0, 0.05) is 10.8 Å². The van der Waals surface area contributed by atoms with Gasteiger partial charge in [0.25, 0.3) is 0 Å². The SMILES string of the molecule is CC(C)(C)c1cc(-c2cccc(-n3c4ccc(C(C)(C)C)cc4c4ccc(C(C)(C)C)cc43)c2C(C)(C)C)cc(C(C)(C)C)c1. The van der Waals surface area contributed by atoms with Crippen molar-refractivity contribution in [3.05, 3.63) is 101 Å². The topological polar surface area (TPSA) is 4.93 Å². The molecule has 5 rings (SSSR count). The van der Waals surface area contributed by atoms with Crippen LogP contribution in [0, 0.1) is 0 Å². The fourth-order valence-electron chi connectivity index (χ4n) is 6.62. The van der Waals surface area contributed by atoms with Gasteiger partial charge in [-0.2, -0.15) is 0 Å². The third-order valence-electron chi connectivity index (χ3n) is 9.51. The lowest BCUT2D eigenvalue weighted by molar-refractivity contribution is 0.568. The van der Waals surface area contributed by atoms with Crippen LogP contribution in [0.25, 0.3) is 38.6 Å². The van der Waals surface area contributed by atoms with Crippen molar-refractivity contribution in [1.29, 1.82) is 0 Å². The van der Waals surface area contributed by atoms with Crippen LogP contribution in [-0.2, 0) is 27.1 Å². The summed E-state index contributed by atoms with van der Waals surface area (Å²) < 4.78 is 2.56. The predicted molar refractivity (Wildman–Crippen MR) is 200 cm³/mol. The third-order valence-corrected chi connectivity index (χ3v) is 9.51. The largest absolute Gasteiger partial charge is 0.309 e. The van der Waals surface area contributed by atoms with Gasteiger partial charge in [0.2, 0.25) is 0 Å². The Kier molecular flexibility index (Phi) is 7.80. The molecule has 0 N–H and O–H groups in total. The first-order chi connectivity index (χ1) is 20.5. The number of hydrogen-bond donors (Lipinski definition) is 0. The molecule has 1 heterocycles. The lowest BCUT2D eigenvalue weighted by Crippen LogP contribution is -2.19. The van der Waals surface area contributed by atoms with Gasteiger partial charge >= 0.3 is 0 Å². The minimum atomic E-state index is -0.0958. The highest BCUT2D eigenvalue weighted by Crippen LogP contribution is 2.44. The van der Waals surface area contributed by atoms with Crippen LogP contribution in [0.3, 0.4) is 0 Å². The Morgan fingerprint density at radius 2 is 0.911 bits per heavy atom. The van der Waals surface area contributed by atoms with Gasteiger partial charge in [-0.05, 0) is 90.3 Å². The first-order valence-corrected chi connectivity index (χ1v) is 16.9. The van der Waals surface area contributed by atoms with Crippen molar-refractivity contribution >= 4 is 21.8 Å². The van der Waals surface area contributed by atoms with E-state index in [0.717, 1.165) is 0 Å². The molecule has 0 fully saturated rings. The van der Waals surface area contributed by atoms with Crippen LogP contribution in [-0.4, -0.2) is 4.57 Å². The maximum absolute atomic E-state index is 2.56. The van der Waals surface area contributed by atoms with E-state index in [9.17, 15) is 0 Å². The molecular weight excluding hydrogens is 542 g/mol. The van der Waals surface area contributed by atoms with Crippen LogP contribution < -0.4 is 0 Å². The maximum atomic E-state index is 2.56. The number of rotatable bonds is 2. The molecule has 0 radical (unpaired) electrons. The van der Waals surface area contributed by atoms with Gasteiger partial charge < -0.3 is 4.57 Å². The van der Waals surface area contributed by atoms with Crippen molar-refractivity contribution in [2.45, 2.75) is 131 Å². The highest BCUT2D eigenvalue weighted by molar-refractivity contribution is 6.10. The van der Waals surface area contributed by atoms with Gasteiger partial charge in [-0.15, -0.1) is 0 Å². The Labute approximate surface area is 274 Å². The van der Waals surface area contributed by atoms with Crippen molar-refractivity contribution in [1.82, 2.24) is 4.57 Å². The molecule has 1 nitrogen and oxygen atoms in total. The van der Waals surface area contributed by atoms with E-state index < -0.39 is 0 Å². The Bertz CT molecular complexity index is 1860. The monoisotopic (exact) mass is 599 g/mol. The smallest absolute Gasteiger partial charge is 0.0544 e. The van der Waals surface area contributed by atoms with Crippen molar-refractivity contribution in [3.63, 3.8) is 0 Å². The maximum Gasteiger partial charge on any atom is 0.0544 e. The summed E-state index contributed by atoms with van der Waals surface area (Å²) in [6, 6.07) is 28.6. The number of fused-ring (bicyclic) bond motifs is 3. The molecule has 0 amide bonds. The summed E-state index contributed by atoms with van der Waals surface area (Å²) in [5, 5.41) is 2.65. The average molecular weight is 600 g/mol. The zero-order valence-corrected chi connectivity index (χ0v) is 30.9. The fraction of sp³-hybridized carbons (Fsp3) is 0.455. The molecular formula is C44H57N. The van der Waals surface area contributed by atoms with Gasteiger partial charge in [-0.1, -0.05) is 152 Å². The molecule has 0 bridgehead atoms. The normalized spacial score (nSPS) is 13.7. The number of hydrogen-bond acceptors (Lipinski definition) is 0. The molecule has 0 aliphatic rings. The molecule has 1 aromatic heterocycles. The Morgan fingerprint density at radius 3 is 1.42 bits per heavy atom. The molecule has 0 unspecified atom stereocenters. The molecule has 0 atom stereocenters. The second kappa shape index (κ2) is 10.6. The quantitative estimate of drug-likeness (QED) is 0.190. The van der Waals surface area contributed by atoms with Crippen molar-refractivity contribution in [3.8, 4) is 16.8 Å². The molecule has 0 saturated heterocycles. The zero-order chi connectivity index (χ0) is 33.5. The Balaban J connectivity index is 1.94. The van der Waals surface area contributed by atoms with E-state index in [1.165, 1.54) is 66.4 Å². The third kappa shape index (κ3) is 6.25. The van der Waals surface area contributed by atoms with Gasteiger partial charge in [0.15, 0.2) is 0 Å². The standard InChI is InChI=1S/C44H57N/c1-40(2,3)29-20-22-36-35(26-29)34-21-19-30(41(4,5)6)27-38(34)45(36)37-18-16-17-33(39(37)44(13,14)15)28-23-31(42(7,8)9)25-32(24-28)43(10,11)12/h16-27H,1-15H3. The second-order valence-corrected chi connectivity index (χ2v) is 18.5. The molecule has 238 valence electrons. The fourth-order valence-corrected chi connectivity index (χ4v) is 6.62. The predicted octanol–water partition coefficient (Wildman–Crippen LogP) is 12.9. The lowest BCUT2D eigenvalue weighted by atomic mass is 9.76. The van der Waals surface area contributed by atoms with Crippen molar-refractivity contribution in [2.75, 3.05) is 0 Å². The molecule has 0 aliphatic carbocycles. The first kappa shape index (κ1) is 33.1. The second-order valence-electron chi connectivity index (χ2n) is 18.5. The zero-order valence-electron chi connectivity index (χ0n) is 30.9. The van der Waals surface area contributed by atoms with Gasteiger partial charge in [-0.25, -0.2) is 0 Å². The summed E-state index contributed by atoms with van der Waals surface area (Å²) in [4.78, 5) is 0. The van der Waals surface area contributed by atoms with E-state index in [2.05, 4.69) is 181 Å². The molecule has 0 spiro atoms. The summed E-state index contributed by atoms with van der Waals surface area (Å²) in [6.45, 7) is 35.0. The van der Waals surface area contributed by atoms with E-state index in [0.29, 0.717) is 0 Å². The Hall–Kier alpha value is -3.32. The van der Waals surface area contributed by atoms with E-state index in [-0.39, 0.29) is 27.1 Å². The summed E-state index contributed by atoms with van der Waals surface area (Å²) in [5.41, 5.74) is 13.5. The van der Waals surface area contributed by atoms with Crippen molar-refractivity contribution < 1.29 is 0 Å². The van der Waals surface area contributed by atoms with Gasteiger partial charge in [-0.3, -0.25) is 0 Å². The van der Waals surface area contributed by atoms with E-state index >= 15 is 0 Å². The minimum absolute atomic E-state index is 0.0521. The minimum Gasteiger partial charge on any atom is -0.309 e. The van der Waals surface area contributed by atoms with Gasteiger partial charge in [0.1, 0.15) is 0 Å². The summed E-state index contributed by atoms with van der Waals surface area (Å²) >= 11 is 0. The highest BCUT2D eigenvalue weighted by atomic mass is 15.0. The van der Waals surface area contributed by atoms with Crippen LogP contribution in [0.15, 0.2) is 72.8 Å². The number of benzene rings is 4. The first-order valence-electron chi connectivity index (χ1n) is 16.9. The van der Waals surface area contributed by atoms with Gasteiger partial charge in [0.05, 0.1) is 16.7 Å². The van der Waals surface area contributed by atoms with E-state index in [1.54, 1.807) is 0 Å². The van der Waals surface area contributed by atoms with E-state index in [1.807, 2.05) is 0 Å². The van der Waals surface area contributed by atoms with Crippen LogP contribution in [0.2, 0.25) is 0 Å².